The average Bonchev–Trinajstić information content (AvgIpc) is 1.35. The Kier molecular flexibility index (Phi) is 42.7. The molecule has 2 heterocycles. The lowest BCUT2D eigenvalue weighted by molar-refractivity contribution is -0.148. The summed E-state index contributed by atoms with van der Waals surface area (Å²) < 4.78 is 38.4. The third kappa shape index (κ3) is 32.3. The zero-order valence-corrected chi connectivity index (χ0v) is 64.4. The van der Waals surface area contributed by atoms with E-state index in [1.165, 1.54) is 28.3 Å². The summed E-state index contributed by atoms with van der Waals surface area (Å²) in [6.07, 6.45) is 2.05. The summed E-state index contributed by atoms with van der Waals surface area (Å²) in [6, 6.07) is 3.14. The van der Waals surface area contributed by atoms with Crippen LogP contribution in [0.2, 0.25) is 0 Å². The topological polar surface area (TPSA) is 413 Å². The summed E-state index contributed by atoms with van der Waals surface area (Å²) in [4.78, 5) is 189. The molecule has 1 saturated heterocycles. The highest BCUT2D eigenvalue weighted by atomic mass is 16.6. The molecule has 596 valence electrons. The van der Waals surface area contributed by atoms with E-state index in [2.05, 4.69) is 42.5 Å². The van der Waals surface area contributed by atoms with Gasteiger partial charge in [-0.2, -0.15) is 0 Å². The number of likely N-dealkylation sites (tertiary alicyclic amines) is 1. The van der Waals surface area contributed by atoms with Crippen molar-refractivity contribution in [1.29, 1.82) is 0 Å². The largest absolute Gasteiger partial charge is 0.464 e. The predicted molar refractivity (Wildman–Crippen MR) is 388 cm³/mol. The van der Waals surface area contributed by atoms with E-state index in [0.29, 0.717) is 32.2 Å². The first-order chi connectivity index (χ1) is 50.4. The Hall–Kier alpha value is -8.50. The molecule has 0 radical (unpaired) electrons. The van der Waals surface area contributed by atoms with E-state index in [4.69, 9.17) is 33.2 Å². The Balaban J connectivity index is 1.46. The number of rotatable bonds is 52. The van der Waals surface area contributed by atoms with Gasteiger partial charge in [-0.3, -0.25) is 67.3 Å². The van der Waals surface area contributed by atoms with E-state index < -0.39 is 133 Å². The van der Waals surface area contributed by atoms with Gasteiger partial charge in [0.15, 0.2) is 0 Å². The van der Waals surface area contributed by atoms with Gasteiger partial charge in [-0.15, -0.1) is 0 Å². The SMILES string of the molecule is CC[C@H](C)[C@@H]([C@@H](CC(=O)N1CCC[C@H]1[C@H](OC)[C@@H](C)C(=O)N[C@@H](Cc1ccccc1)C(=O)NCCCOC(=O)C(C)NC(=O)CCNC(=O)OCC(NC(=O)CNC(=O)CCOCCOCCCC(=O)CCN1C(=O)C=CC1=O)C(=O)NCCOC)OC)N(C)C(=O)C(NC(=O)[C@H](C(C)C)N(C)C)C(C)C. The van der Waals surface area contributed by atoms with Crippen molar-refractivity contribution in [2.75, 3.05) is 128 Å². The lowest BCUT2D eigenvalue weighted by Crippen LogP contribution is -2.59. The molecule has 2 aliphatic heterocycles. The second-order valence-electron chi connectivity index (χ2n) is 27.3. The molecular formula is C73H118N12O21. The van der Waals surface area contributed by atoms with Crippen molar-refractivity contribution >= 4 is 82.8 Å². The van der Waals surface area contributed by atoms with Crippen LogP contribution >= 0.6 is 0 Å². The number of likely N-dealkylation sites (N-methyl/N-ethyl adjacent to an activating group) is 2. The molecule has 3 unspecified atom stereocenters. The monoisotopic (exact) mass is 1500 g/mol. The number of methoxy groups -OCH3 is 3. The zero-order valence-electron chi connectivity index (χ0n) is 64.4. The van der Waals surface area contributed by atoms with Gasteiger partial charge in [0.1, 0.15) is 36.6 Å². The summed E-state index contributed by atoms with van der Waals surface area (Å²) in [6.45, 7) is 14.4. The number of ketones is 1. The number of alkyl carbamates (subject to hydrolysis) is 1. The first-order valence-corrected chi connectivity index (χ1v) is 36.5. The number of esters is 1. The lowest BCUT2D eigenvalue weighted by Gasteiger charge is -2.41. The third-order valence-corrected chi connectivity index (χ3v) is 18.3. The molecule has 0 bridgehead atoms. The predicted octanol–water partition coefficient (Wildman–Crippen LogP) is 0.483. The van der Waals surface area contributed by atoms with Crippen LogP contribution in [0.4, 0.5) is 4.79 Å². The van der Waals surface area contributed by atoms with Gasteiger partial charge in [0.2, 0.25) is 53.2 Å². The molecular weight excluding hydrogens is 1380 g/mol. The van der Waals surface area contributed by atoms with Crippen LogP contribution in [-0.4, -0.2) is 285 Å². The molecule has 8 N–H and O–H groups in total. The number of nitrogens with one attached hydrogen (secondary N) is 8. The molecule has 0 aromatic heterocycles. The Morgan fingerprint density at radius 2 is 1.27 bits per heavy atom. The van der Waals surface area contributed by atoms with Crippen LogP contribution in [0.1, 0.15) is 125 Å². The van der Waals surface area contributed by atoms with Crippen molar-refractivity contribution in [3.63, 3.8) is 0 Å². The molecule has 33 heteroatoms. The first-order valence-electron chi connectivity index (χ1n) is 36.5. The van der Waals surface area contributed by atoms with E-state index in [9.17, 15) is 67.1 Å². The second-order valence-corrected chi connectivity index (χ2v) is 27.3. The Labute approximate surface area is 623 Å². The number of carbonyl (C=O) groups is 14. The van der Waals surface area contributed by atoms with Crippen molar-refractivity contribution in [3.8, 4) is 0 Å². The standard InChI is InChI=1S/C73H118N12O21/c1-15-48(6)65(83(11)71(97)63(46(2)3)81-70(96)64(47(4)5)82(9)10)56(101-13)43-62(92)84-34-19-25-55(84)66(102-14)49(7)67(93)80-53(42-51-22-17-16-18-23-51)68(94)74-31-21-37-105-72(98)50(8)78-58(88)28-32-76-73(99)106-45-54(69(95)75-33-39-100-12)79-59(89)44-77-57(87)30-38-104-41-40-103-36-20-24-52(86)29-35-85-60(90)26-27-61(85)91/h16-18,22-23,26-27,46-50,53-56,63-66H,15,19-21,24-25,28-45H2,1-14H3,(H,74,94)(H,75,95)(H,76,99)(H,77,87)(H,78,88)(H,79,89)(H,80,93)(H,81,96)/t48-,49+,50?,53-,54?,55-,56+,63?,64-,65-,66+/m0/s1. The number of nitrogens with zero attached hydrogens (tertiary/aromatic N) is 4. The number of amides is 12. The molecule has 106 heavy (non-hydrogen) atoms. The minimum absolute atomic E-state index is 0.00329. The number of carbonyl (C=O) groups excluding carboxylic acids is 14. The van der Waals surface area contributed by atoms with E-state index in [1.807, 2.05) is 90.9 Å². The molecule has 0 spiro atoms. The molecule has 0 aliphatic carbocycles. The van der Waals surface area contributed by atoms with Crippen LogP contribution in [0.3, 0.4) is 0 Å². The first kappa shape index (κ1) is 91.7. The van der Waals surface area contributed by atoms with Gasteiger partial charge in [0.25, 0.3) is 11.8 Å². The maximum atomic E-state index is 14.6. The molecule has 0 saturated carbocycles. The summed E-state index contributed by atoms with van der Waals surface area (Å²) in [7, 11) is 9.74. The summed E-state index contributed by atoms with van der Waals surface area (Å²) in [5.41, 5.74) is 0.763. The average molecular weight is 1500 g/mol. The number of hydrogen-bond donors (Lipinski definition) is 8. The van der Waals surface area contributed by atoms with Crippen molar-refractivity contribution in [1.82, 2.24) is 62.1 Å². The van der Waals surface area contributed by atoms with Gasteiger partial charge >= 0.3 is 12.1 Å². The number of benzene rings is 1. The fourth-order valence-electron chi connectivity index (χ4n) is 12.3. The van der Waals surface area contributed by atoms with E-state index >= 15 is 0 Å². The molecule has 1 aromatic rings. The fourth-order valence-corrected chi connectivity index (χ4v) is 12.3. The number of Topliss-reactive ketones (excluding diaryl/α,β-unsaturated/α-hetero) is 1. The van der Waals surface area contributed by atoms with E-state index in [0.717, 1.165) is 22.6 Å². The molecule has 12 amide bonds. The highest BCUT2D eigenvalue weighted by Gasteiger charge is 2.44. The van der Waals surface area contributed by atoms with Crippen LogP contribution < -0.4 is 42.5 Å². The van der Waals surface area contributed by atoms with Gasteiger partial charge in [-0.05, 0) is 70.0 Å². The smallest absolute Gasteiger partial charge is 0.407 e. The van der Waals surface area contributed by atoms with Crippen molar-refractivity contribution in [3.05, 3.63) is 48.0 Å². The van der Waals surface area contributed by atoms with Crippen molar-refractivity contribution < 1.29 is 100 Å². The lowest BCUT2D eigenvalue weighted by atomic mass is 9.89. The van der Waals surface area contributed by atoms with Gasteiger partial charge in [0.05, 0.1) is 82.3 Å². The Morgan fingerprint density at radius 3 is 1.90 bits per heavy atom. The van der Waals surface area contributed by atoms with E-state index in [1.54, 1.807) is 23.8 Å². The van der Waals surface area contributed by atoms with Gasteiger partial charge in [-0.25, -0.2) is 9.59 Å². The molecule has 33 nitrogen and oxygen atoms in total. The van der Waals surface area contributed by atoms with Gasteiger partial charge in [0, 0.05) is 112 Å². The van der Waals surface area contributed by atoms with Gasteiger partial charge < -0.3 is 85.5 Å². The third-order valence-electron chi connectivity index (χ3n) is 18.3. The molecule has 1 fully saturated rings. The molecule has 3 rings (SSSR count). The van der Waals surface area contributed by atoms with Crippen molar-refractivity contribution in [2.24, 2.45) is 23.7 Å². The number of ether oxygens (including phenoxy) is 7. The molecule has 11 atom stereocenters. The van der Waals surface area contributed by atoms with Crippen LogP contribution in [0.5, 0.6) is 0 Å². The van der Waals surface area contributed by atoms with Crippen LogP contribution in [0.25, 0.3) is 0 Å². The Morgan fingerprint density at radius 1 is 0.613 bits per heavy atom. The summed E-state index contributed by atoms with van der Waals surface area (Å²) in [5.74, 6) is -7.51. The van der Waals surface area contributed by atoms with Crippen LogP contribution in [0, 0.1) is 23.7 Å². The van der Waals surface area contributed by atoms with Gasteiger partial charge in [-0.1, -0.05) is 85.2 Å². The minimum atomic E-state index is -1.40. The highest BCUT2D eigenvalue weighted by Crippen LogP contribution is 2.30. The summed E-state index contributed by atoms with van der Waals surface area (Å²) in [5, 5.41) is 20.9. The zero-order chi connectivity index (χ0) is 79.0. The van der Waals surface area contributed by atoms with Crippen LogP contribution in [-0.2, 0) is 102 Å². The highest BCUT2D eigenvalue weighted by molar-refractivity contribution is 6.13. The quantitative estimate of drug-likeness (QED) is 0.0250. The normalized spacial score (nSPS) is 16.3. The fraction of sp³-hybridized carbons (Fsp3) is 0.699. The maximum absolute atomic E-state index is 14.6. The maximum Gasteiger partial charge on any atom is 0.407 e. The van der Waals surface area contributed by atoms with Crippen molar-refractivity contribution in [2.45, 2.75) is 181 Å². The number of imide groups is 1. The van der Waals surface area contributed by atoms with E-state index in [-0.39, 0.29) is 152 Å². The molecule has 2 aliphatic rings. The Bertz CT molecular complexity index is 3020. The molecule has 1 aromatic carbocycles. The second kappa shape index (κ2) is 49.4. The summed E-state index contributed by atoms with van der Waals surface area (Å²) >= 11 is 0. The minimum Gasteiger partial charge on any atom is -0.464 e. The van der Waals surface area contributed by atoms with Crippen LogP contribution in [0.15, 0.2) is 42.5 Å². The number of hydrogen-bond acceptors (Lipinski definition) is 22.